The van der Waals surface area contributed by atoms with E-state index in [1.165, 1.54) is 6.42 Å². The van der Waals surface area contributed by atoms with E-state index >= 15 is 0 Å². The third-order valence-corrected chi connectivity index (χ3v) is 7.90. The molecule has 3 aromatic rings. The second-order valence-corrected chi connectivity index (χ2v) is 10.0. The summed E-state index contributed by atoms with van der Waals surface area (Å²) in [4.78, 5) is 24.4. The number of anilines is 1. The molecule has 3 N–H and O–H groups in total. The van der Waals surface area contributed by atoms with Gasteiger partial charge in [0.2, 0.25) is 11.8 Å². The summed E-state index contributed by atoms with van der Waals surface area (Å²) in [5.74, 6) is 0.459. The van der Waals surface area contributed by atoms with Gasteiger partial charge in [-0.1, -0.05) is 19.3 Å². The average molecular weight is 496 g/mol. The van der Waals surface area contributed by atoms with Crippen LogP contribution in [0.1, 0.15) is 57.6 Å². The number of oxazole rings is 1. The maximum Gasteiger partial charge on any atom is 0.229 e. The number of aryl methyl sites for hydroxylation is 1. The zero-order valence-corrected chi connectivity index (χ0v) is 21.3. The van der Waals surface area contributed by atoms with E-state index < -0.39 is 0 Å². The number of fused-ring (bicyclic) bond motifs is 1. The van der Waals surface area contributed by atoms with Crippen molar-refractivity contribution in [1.82, 2.24) is 24.6 Å². The monoisotopic (exact) mass is 495 g/mol. The minimum absolute atomic E-state index is 0.0144. The summed E-state index contributed by atoms with van der Waals surface area (Å²) in [7, 11) is 1.88. The van der Waals surface area contributed by atoms with Crippen molar-refractivity contribution < 1.29 is 13.9 Å². The van der Waals surface area contributed by atoms with Gasteiger partial charge in [0, 0.05) is 45.6 Å². The van der Waals surface area contributed by atoms with E-state index in [2.05, 4.69) is 15.4 Å². The lowest BCUT2D eigenvalue weighted by atomic mass is 9.80. The summed E-state index contributed by atoms with van der Waals surface area (Å²) in [6.45, 7) is 4.73. The lowest BCUT2D eigenvalue weighted by molar-refractivity contribution is -0.136. The fourth-order valence-corrected chi connectivity index (χ4v) is 5.56. The van der Waals surface area contributed by atoms with E-state index in [1.807, 2.05) is 29.7 Å². The molecule has 1 saturated heterocycles. The molecule has 1 amide bonds. The predicted molar refractivity (Wildman–Crippen MR) is 138 cm³/mol. The smallest absolute Gasteiger partial charge is 0.229 e. The summed E-state index contributed by atoms with van der Waals surface area (Å²) >= 11 is 0. The summed E-state index contributed by atoms with van der Waals surface area (Å²) < 4.78 is 13.3. The molecule has 1 saturated carbocycles. The second-order valence-electron chi connectivity index (χ2n) is 10.0. The number of pyridine rings is 1. The van der Waals surface area contributed by atoms with E-state index in [1.54, 1.807) is 12.5 Å². The highest BCUT2D eigenvalue weighted by molar-refractivity contribution is 5.96. The Balaban J connectivity index is 1.41. The van der Waals surface area contributed by atoms with Crippen molar-refractivity contribution in [3.8, 4) is 11.5 Å². The van der Waals surface area contributed by atoms with Crippen LogP contribution in [0.4, 0.5) is 5.69 Å². The second kappa shape index (κ2) is 10.6. The third kappa shape index (κ3) is 4.71. The van der Waals surface area contributed by atoms with Gasteiger partial charge in [-0.25, -0.2) is 14.6 Å². The van der Waals surface area contributed by atoms with Crippen molar-refractivity contribution in [1.29, 1.82) is 0 Å². The number of rotatable bonds is 8. The number of likely N-dealkylation sites (N-methyl/N-ethyl adjacent to an activating group) is 1. The Morgan fingerprint density at radius 2 is 2.03 bits per heavy atom. The summed E-state index contributed by atoms with van der Waals surface area (Å²) in [6, 6.07) is 0.278. The lowest BCUT2D eigenvalue weighted by Gasteiger charge is -2.44. The molecule has 10 nitrogen and oxygen atoms in total. The minimum Gasteiger partial charge on any atom is -0.444 e. The molecule has 194 valence electrons. The third-order valence-electron chi connectivity index (χ3n) is 7.90. The number of nitrogens with one attached hydrogen (secondary N) is 1. The fourth-order valence-electron chi connectivity index (χ4n) is 5.56. The van der Waals surface area contributed by atoms with Gasteiger partial charge in [-0.15, -0.1) is 0 Å². The first kappa shape index (κ1) is 24.7. The Labute approximate surface area is 211 Å². The van der Waals surface area contributed by atoms with Gasteiger partial charge in [-0.05, 0) is 32.6 Å². The number of hydrogen-bond acceptors (Lipinski definition) is 8. The number of aromatic nitrogens is 4. The van der Waals surface area contributed by atoms with Crippen molar-refractivity contribution in [3.05, 3.63) is 24.4 Å². The van der Waals surface area contributed by atoms with Gasteiger partial charge in [0.05, 0.1) is 40.5 Å². The van der Waals surface area contributed by atoms with Crippen LogP contribution in [0.25, 0.3) is 22.5 Å². The summed E-state index contributed by atoms with van der Waals surface area (Å²) in [5, 5.41) is 9.12. The van der Waals surface area contributed by atoms with Gasteiger partial charge in [0.25, 0.3) is 0 Å². The van der Waals surface area contributed by atoms with Gasteiger partial charge in [0.15, 0.2) is 5.65 Å². The van der Waals surface area contributed by atoms with Crippen molar-refractivity contribution >= 4 is 22.6 Å². The van der Waals surface area contributed by atoms with Crippen LogP contribution in [0.3, 0.4) is 0 Å². The number of amides is 1. The van der Waals surface area contributed by atoms with Crippen LogP contribution in [-0.4, -0.2) is 68.9 Å². The Morgan fingerprint density at radius 3 is 2.75 bits per heavy atom. The molecule has 1 aliphatic heterocycles. The molecule has 1 aliphatic carbocycles. The molecule has 2 fully saturated rings. The van der Waals surface area contributed by atoms with Gasteiger partial charge in [-0.3, -0.25) is 4.79 Å². The molecular weight excluding hydrogens is 458 g/mol. The van der Waals surface area contributed by atoms with Crippen molar-refractivity contribution in [2.75, 3.05) is 32.1 Å². The molecule has 5 rings (SSSR count). The van der Waals surface area contributed by atoms with Crippen LogP contribution in [0, 0.1) is 0 Å². The van der Waals surface area contributed by atoms with E-state index in [0.29, 0.717) is 18.1 Å². The van der Waals surface area contributed by atoms with Crippen LogP contribution >= 0.6 is 0 Å². The number of ether oxygens (including phenoxy) is 1. The van der Waals surface area contributed by atoms with E-state index in [-0.39, 0.29) is 23.9 Å². The van der Waals surface area contributed by atoms with E-state index in [9.17, 15) is 4.79 Å². The SMILES string of the molecule is CCn1ncc2c(NC3CCOCC3)c(-c3nc(CC(=O)N(C)C4(CN)CCCCC4)co3)cnc21. The Bertz CT molecular complexity index is 1190. The Morgan fingerprint density at radius 1 is 1.25 bits per heavy atom. The minimum atomic E-state index is -0.253. The first-order valence-corrected chi connectivity index (χ1v) is 13.1. The molecule has 0 atom stereocenters. The molecule has 2 aliphatic rings. The maximum atomic E-state index is 13.2. The highest BCUT2D eigenvalue weighted by Gasteiger charge is 2.37. The average Bonchev–Trinajstić information content (AvgIpc) is 3.56. The maximum absolute atomic E-state index is 13.2. The highest BCUT2D eigenvalue weighted by atomic mass is 16.5. The van der Waals surface area contributed by atoms with Crippen molar-refractivity contribution in [2.45, 2.75) is 76.4 Å². The molecular formula is C26H37N7O3. The van der Waals surface area contributed by atoms with Crippen LogP contribution in [0.2, 0.25) is 0 Å². The number of nitrogens with two attached hydrogens (primary N) is 1. The predicted octanol–water partition coefficient (Wildman–Crippen LogP) is 3.36. The molecule has 0 bridgehead atoms. The first-order chi connectivity index (χ1) is 17.5. The molecule has 0 spiro atoms. The quantitative estimate of drug-likeness (QED) is 0.487. The number of nitrogens with zero attached hydrogens (tertiary/aromatic N) is 5. The van der Waals surface area contributed by atoms with Crippen LogP contribution in [0.15, 0.2) is 23.1 Å². The number of hydrogen-bond donors (Lipinski definition) is 2. The normalized spacial score (nSPS) is 18.4. The first-order valence-electron chi connectivity index (χ1n) is 13.1. The Hall–Kier alpha value is -2.98. The van der Waals surface area contributed by atoms with E-state index in [0.717, 1.165) is 80.6 Å². The van der Waals surface area contributed by atoms with Crippen molar-refractivity contribution in [3.63, 3.8) is 0 Å². The molecule has 0 radical (unpaired) electrons. The van der Waals surface area contributed by atoms with Crippen molar-refractivity contribution in [2.24, 2.45) is 5.73 Å². The topological polar surface area (TPSA) is 124 Å². The zero-order chi connectivity index (χ0) is 25.1. The molecule has 4 heterocycles. The molecule has 36 heavy (non-hydrogen) atoms. The molecule has 3 aromatic heterocycles. The highest BCUT2D eigenvalue weighted by Crippen LogP contribution is 2.35. The van der Waals surface area contributed by atoms with Gasteiger partial charge >= 0.3 is 0 Å². The van der Waals surface area contributed by atoms with Gasteiger partial charge < -0.3 is 25.1 Å². The summed E-state index contributed by atoms with van der Waals surface area (Å²) in [5.41, 5.74) is 8.99. The van der Waals surface area contributed by atoms with E-state index in [4.69, 9.17) is 19.9 Å². The largest absolute Gasteiger partial charge is 0.444 e. The lowest BCUT2D eigenvalue weighted by Crippen LogP contribution is -2.55. The summed E-state index contributed by atoms with van der Waals surface area (Å²) in [6.07, 6.45) is 12.5. The number of carbonyl (C=O) groups is 1. The molecule has 0 unspecified atom stereocenters. The van der Waals surface area contributed by atoms with Crippen LogP contribution in [0.5, 0.6) is 0 Å². The standard InChI is InChI=1S/C26H37N7O3/c1-3-33-24-20(15-29-33)23(30-18-7-11-35-12-8-18)21(14-28-24)25-31-19(16-36-25)13-22(34)32(2)26(17-27)9-5-4-6-10-26/h14-16,18H,3-13,17,27H2,1-2H3,(H,28,30). The van der Waals surface area contributed by atoms with Crippen LogP contribution in [-0.2, 0) is 22.5 Å². The molecule has 0 aromatic carbocycles. The Kier molecular flexibility index (Phi) is 7.25. The number of carbonyl (C=O) groups excluding carboxylic acids is 1. The van der Waals surface area contributed by atoms with Gasteiger partial charge in [-0.2, -0.15) is 5.10 Å². The fraction of sp³-hybridized carbons (Fsp3) is 0.615. The van der Waals surface area contributed by atoms with Gasteiger partial charge in [0.1, 0.15) is 6.26 Å². The zero-order valence-electron chi connectivity index (χ0n) is 21.3. The van der Waals surface area contributed by atoms with Crippen LogP contribution < -0.4 is 11.1 Å². The molecule has 10 heteroatoms.